The van der Waals surface area contributed by atoms with E-state index in [4.69, 9.17) is 4.74 Å². The van der Waals surface area contributed by atoms with Crippen LogP contribution in [-0.4, -0.2) is 12.1 Å². The molecule has 4 saturated carbocycles. The van der Waals surface area contributed by atoms with Gasteiger partial charge in [-0.3, -0.25) is 0 Å². The van der Waals surface area contributed by atoms with Crippen molar-refractivity contribution in [1.29, 1.82) is 0 Å². The summed E-state index contributed by atoms with van der Waals surface area (Å²) in [5.41, 5.74) is 2.56. The van der Waals surface area contributed by atoms with E-state index in [1.54, 1.807) is 0 Å². The zero-order chi connectivity index (χ0) is 20.9. The third-order valence-electron chi connectivity index (χ3n) is 9.85. The van der Waals surface area contributed by atoms with E-state index < -0.39 is 0 Å². The summed E-state index contributed by atoms with van der Waals surface area (Å²) in [6, 6.07) is 9.48. The zero-order valence-corrected chi connectivity index (χ0v) is 18.8. The molecule has 162 valence electrons. The van der Waals surface area contributed by atoms with Crippen molar-refractivity contribution in [1.82, 2.24) is 0 Å². The molecular formula is C28H38O2. The van der Waals surface area contributed by atoms with Crippen LogP contribution < -0.4 is 0 Å². The molecule has 0 amide bonds. The average Bonchev–Trinajstić information content (AvgIpc) is 3.19. The third kappa shape index (κ3) is 3.35. The second-order valence-electron chi connectivity index (χ2n) is 11.2. The van der Waals surface area contributed by atoms with Gasteiger partial charge in [0.2, 0.25) is 0 Å². The van der Waals surface area contributed by atoms with Crippen molar-refractivity contribution in [3.8, 4) is 0 Å². The monoisotopic (exact) mass is 406 g/mol. The highest BCUT2D eigenvalue weighted by molar-refractivity contribution is 5.89. The number of rotatable bonds is 3. The van der Waals surface area contributed by atoms with Gasteiger partial charge in [0.05, 0.1) is 5.56 Å². The first kappa shape index (κ1) is 20.3. The lowest BCUT2D eigenvalue weighted by Gasteiger charge is -2.59. The van der Waals surface area contributed by atoms with Crippen molar-refractivity contribution in [2.45, 2.75) is 77.7 Å². The molecule has 0 aromatic heterocycles. The number of ether oxygens (including phenoxy) is 1. The molecule has 0 spiro atoms. The summed E-state index contributed by atoms with van der Waals surface area (Å²) >= 11 is 0. The molecule has 4 aliphatic carbocycles. The van der Waals surface area contributed by atoms with E-state index in [0.717, 1.165) is 48.3 Å². The number of carbonyl (C=O) groups excluding carboxylic acids is 1. The van der Waals surface area contributed by atoms with Crippen LogP contribution in [-0.2, 0) is 4.74 Å². The molecule has 1 aromatic carbocycles. The molecular weight excluding hydrogens is 368 g/mol. The van der Waals surface area contributed by atoms with Gasteiger partial charge >= 0.3 is 5.97 Å². The van der Waals surface area contributed by atoms with E-state index >= 15 is 0 Å². The summed E-state index contributed by atoms with van der Waals surface area (Å²) < 4.78 is 5.97. The van der Waals surface area contributed by atoms with E-state index in [1.807, 2.05) is 30.3 Å². The van der Waals surface area contributed by atoms with Crippen molar-refractivity contribution < 1.29 is 9.53 Å². The van der Waals surface area contributed by atoms with Crippen LogP contribution in [0, 0.1) is 40.9 Å². The van der Waals surface area contributed by atoms with Gasteiger partial charge in [0.25, 0.3) is 0 Å². The molecule has 30 heavy (non-hydrogen) atoms. The minimum absolute atomic E-state index is 0.1000. The van der Waals surface area contributed by atoms with Crippen LogP contribution in [0.1, 0.15) is 82.0 Å². The molecule has 5 rings (SSSR count). The number of fused-ring (bicyclic) bond motifs is 5. The van der Waals surface area contributed by atoms with E-state index in [0.29, 0.717) is 11.0 Å². The van der Waals surface area contributed by atoms with Crippen LogP contribution in [0.2, 0.25) is 0 Å². The van der Waals surface area contributed by atoms with Gasteiger partial charge in [0.15, 0.2) is 0 Å². The van der Waals surface area contributed by atoms with Crippen LogP contribution in [0.5, 0.6) is 0 Å². The van der Waals surface area contributed by atoms with Crippen LogP contribution in [0.25, 0.3) is 0 Å². The molecule has 1 aromatic rings. The van der Waals surface area contributed by atoms with Crippen LogP contribution in [0.4, 0.5) is 0 Å². The number of allylic oxidation sites excluding steroid dienone is 1. The molecule has 8 unspecified atom stereocenters. The van der Waals surface area contributed by atoms with Gasteiger partial charge in [-0.15, -0.1) is 0 Å². The highest BCUT2D eigenvalue weighted by Gasteiger charge is 2.56. The predicted octanol–water partition coefficient (Wildman–Crippen LogP) is 7.06. The molecule has 0 N–H and O–H groups in total. The van der Waals surface area contributed by atoms with Gasteiger partial charge in [-0.1, -0.05) is 37.3 Å². The Bertz CT molecular complexity index is 798. The second kappa shape index (κ2) is 7.84. The molecule has 0 heterocycles. The topological polar surface area (TPSA) is 26.3 Å². The quantitative estimate of drug-likeness (QED) is 0.397. The maximum absolute atomic E-state index is 12.6. The first-order chi connectivity index (χ1) is 14.5. The number of benzene rings is 1. The maximum atomic E-state index is 12.6. The molecule has 4 aliphatic rings. The maximum Gasteiger partial charge on any atom is 0.338 e. The second-order valence-corrected chi connectivity index (χ2v) is 11.2. The lowest BCUT2D eigenvalue weighted by molar-refractivity contribution is -0.110. The minimum Gasteiger partial charge on any atom is -0.459 e. The van der Waals surface area contributed by atoms with Crippen LogP contribution in [0.15, 0.2) is 42.5 Å². The highest BCUT2D eigenvalue weighted by atomic mass is 16.5. The molecule has 0 saturated heterocycles. The molecule has 0 radical (unpaired) electrons. The summed E-state index contributed by atoms with van der Waals surface area (Å²) in [6.45, 7) is 9.18. The normalized spacial score (nSPS) is 42.5. The Morgan fingerprint density at radius 3 is 2.47 bits per heavy atom. The van der Waals surface area contributed by atoms with Crippen molar-refractivity contribution in [3.63, 3.8) is 0 Å². The van der Waals surface area contributed by atoms with Gasteiger partial charge in [0, 0.05) is 0 Å². The molecule has 2 nitrogen and oxygen atoms in total. The van der Waals surface area contributed by atoms with Crippen molar-refractivity contribution >= 4 is 5.97 Å². The Labute approximate surface area is 182 Å². The first-order valence-electron chi connectivity index (χ1n) is 12.4. The van der Waals surface area contributed by atoms with Gasteiger partial charge in [-0.2, -0.15) is 0 Å². The molecule has 0 bridgehead atoms. The van der Waals surface area contributed by atoms with Crippen molar-refractivity contribution in [2.24, 2.45) is 40.9 Å². The van der Waals surface area contributed by atoms with Gasteiger partial charge in [0.1, 0.15) is 6.10 Å². The van der Waals surface area contributed by atoms with E-state index in [1.165, 1.54) is 50.5 Å². The molecule has 4 fully saturated rings. The summed E-state index contributed by atoms with van der Waals surface area (Å²) in [6.07, 6.45) is 11.8. The lowest BCUT2D eigenvalue weighted by Crippen LogP contribution is -2.52. The fourth-order valence-electron chi connectivity index (χ4n) is 8.39. The van der Waals surface area contributed by atoms with Crippen molar-refractivity contribution in [2.75, 3.05) is 0 Å². The fourth-order valence-corrected chi connectivity index (χ4v) is 8.39. The largest absolute Gasteiger partial charge is 0.459 e. The van der Waals surface area contributed by atoms with E-state index in [-0.39, 0.29) is 12.1 Å². The lowest BCUT2D eigenvalue weighted by atomic mass is 9.47. The minimum atomic E-state index is -0.143. The predicted molar refractivity (Wildman–Crippen MR) is 121 cm³/mol. The SMILES string of the molecule is C=C(C)C1CCC2C1CCC1C2CCC2CC(OC(=O)c3ccccc3)CCC21C. The van der Waals surface area contributed by atoms with E-state index in [9.17, 15) is 4.79 Å². The smallest absolute Gasteiger partial charge is 0.338 e. The van der Waals surface area contributed by atoms with Gasteiger partial charge in [-0.25, -0.2) is 4.79 Å². The highest BCUT2D eigenvalue weighted by Crippen LogP contribution is 2.64. The molecule has 0 aliphatic heterocycles. The summed E-state index contributed by atoms with van der Waals surface area (Å²) in [5.74, 6) is 5.02. The van der Waals surface area contributed by atoms with Crippen molar-refractivity contribution in [3.05, 3.63) is 48.0 Å². The van der Waals surface area contributed by atoms with Crippen LogP contribution >= 0.6 is 0 Å². The Morgan fingerprint density at radius 1 is 0.967 bits per heavy atom. The Hall–Kier alpha value is -1.57. The zero-order valence-electron chi connectivity index (χ0n) is 18.8. The summed E-state index contributed by atoms with van der Waals surface area (Å²) in [7, 11) is 0. The number of carbonyl (C=O) groups is 1. The Kier molecular flexibility index (Phi) is 5.32. The van der Waals surface area contributed by atoms with Gasteiger partial charge in [-0.05, 0) is 118 Å². The molecule has 2 heteroatoms. The number of esters is 1. The van der Waals surface area contributed by atoms with Gasteiger partial charge < -0.3 is 4.74 Å². The van der Waals surface area contributed by atoms with Crippen LogP contribution in [0.3, 0.4) is 0 Å². The molecule has 8 atom stereocenters. The summed E-state index contributed by atoms with van der Waals surface area (Å²) in [5, 5.41) is 0. The third-order valence-corrected chi connectivity index (χ3v) is 9.85. The summed E-state index contributed by atoms with van der Waals surface area (Å²) in [4.78, 5) is 12.6. The first-order valence-corrected chi connectivity index (χ1v) is 12.4. The average molecular weight is 407 g/mol. The standard InChI is InChI=1S/C28H38O2/c1-18(2)22-11-12-24-23(22)13-14-26-25(24)10-9-20-17-21(15-16-28(20,26)3)30-27(29)19-7-5-4-6-8-19/h4-8,20-26H,1,9-17H2,2-3H3. The fraction of sp³-hybridized carbons (Fsp3) is 0.679. The Morgan fingerprint density at radius 2 is 1.70 bits per heavy atom. The number of hydrogen-bond acceptors (Lipinski definition) is 2. The van der Waals surface area contributed by atoms with E-state index in [2.05, 4.69) is 20.4 Å². The number of hydrogen-bond donors (Lipinski definition) is 0. The Balaban J connectivity index is 1.26.